The fourth-order valence-electron chi connectivity index (χ4n) is 1.24. The average molecular weight is 423 g/mol. The highest BCUT2D eigenvalue weighted by Crippen LogP contribution is 2.45. The van der Waals surface area contributed by atoms with E-state index in [0.717, 1.165) is 0 Å². The lowest BCUT2D eigenvalue weighted by molar-refractivity contribution is -0.444. The third-order valence-corrected chi connectivity index (χ3v) is 2.27. The molecule has 0 aromatic heterocycles. The number of halogens is 13. The third kappa shape index (κ3) is 5.19. The van der Waals surface area contributed by atoms with Crippen LogP contribution in [0.2, 0.25) is 0 Å². The summed E-state index contributed by atoms with van der Waals surface area (Å²) in [6, 6.07) is 0. The third-order valence-electron chi connectivity index (χ3n) is 1.86. The number of rotatable bonds is 3. The molecule has 0 spiro atoms. The fourth-order valence-corrected chi connectivity index (χ4v) is 1.65. The van der Waals surface area contributed by atoms with Crippen molar-refractivity contribution in [3.63, 3.8) is 0 Å². The number of hydrogen-bond acceptors (Lipinski definition) is 2. The molecule has 0 bridgehead atoms. The highest BCUT2D eigenvalue weighted by Gasteiger charge is 2.67. The minimum Gasteiger partial charge on any atom is -0.155 e. The first-order chi connectivity index (χ1) is 9.31. The standard InChI is InChI=1S/C7H3BrF12N2/c1-2(8)3(21(4(9,10)11)5(12,13)14)22(6(15,16)17)7(18,19)20/h3H,1H2. The Hall–Kier alpha value is -0.700. The molecule has 0 saturated carbocycles. The van der Waals surface area contributed by atoms with Gasteiger partial charge in [0, 0.05) is 4.48 Å². The summed E-state index contributed by atoms with van der Waals surface area (Å²) in [5.74, 6) is 0. The van der Waals surface area contributed by atoms with E-state index >= 15 is 0 Å². The van der Waals surface area contributed by atoms with Crippen LogP contribution in [-0.4, -0.2) is 41.2 Å². The normalized spacial score (nSPS) is 15.1. The lowest BCUT2D eigenvalue weighted by Crippen LogP contribution is -2.66. The van der Waals surface area contributed by atoms with Crippen molar-refractivity contribution in [1.29, 1.82) is 0 Å². The van der Waals surface area contributed by atoms with Crippen molar-refractivity contribution in [3.05, 3.63) is 11.1 Å². The monoisotopic (exact) mass is 422 g/mol. The van der Waals surface area contributed by atoms with E-state index in [-0.39, 0.29) is 0 Å². The second-order valence-electron chi connectivity index (χ2n) is 3.43. The van der Waals surface area contributed by atoms with Crippen LogP contribution >= 0.6 is 15.9 Å². The zero-order valence-corrected chi connectivity index (χ0v) is 11.2. The van der Waals surface area contributed by atoms with Gasteiger partial charge in [-0.05, 0) is 0 Å². The van der Waals surface area contributed by atoms with E-state index in [1.807, 2.05) is 0 Å². The predicted molar refractivity (Wildman–Crippen MR) is 49.8 cm³/mol. The summed E-state index contributed by atoms with van der Waals surface area (Å²) in [5.41, 5.74) is 0. The molecule has 0 N–H and O–H groups in total. The fraction of sp³-hybridized carbons (Fsp3) is 0.714. The van der Waals surface area contributed by atoms with Crippen LogP contribution in [-0.2, 0) is 0 Å². The Labute approximate surface area is 122 Å². The van der Waals surface area contributed by atoms with Gasteiger partial charge in [0.15, 0.2) is 0 Å². The molecule has 2 nitrogen and oxygen atoms in total. The van der Waals surface area contributed by atoms with Gasteiger partial charge >= 0.3 is 25.2 Å². The Kier molecular flexibility index (Phi) is 5.88. The molecule has 0 amide bonds. The first kappa shape index (κ1) is 21.3. The quantitative estimate of drug-likeness (QED) is 0.362. The Balaban J connectivity index is 6.35. The molecule has 0 aliphatic heterocycles. The van der Waals surface area contributed by atoms with Gasteiger partial charge in [0.1, 0.15) is 6.17 Å². The van der Waals surface area contributed by atoms with Crippen LogP contribution in [0.3, 0.4) is 0 Å². The van der Waals surface area contributed by atoms with E-state index in [1.165, 1.54) is 0 Å². The summed E-state index contributed by atoms with van der Waals surface area (Å²) in [7, 11) is 0. The van der Waals surface area contributed by atoms with Gasteiger partial charge in [-0.3, -0.25) is 0 Å². The molecule has 0 radical (unpaired) electrons. The molecule has 0 aromatic rings. The topological polar surface area (TPSA) is 6.48 Å². The van der Waals surface area contributed by atoms with E-state index in [2.05, 4.69) is 6.58 Å². The molecule has 0 saturated heterocycles. The second-order valence-corrected chi connectivity index (χ2v) is 4.45. The Bertz CT molecular complexity index is 344. The maximum atomic E-state index is 12.3. The van der Waals surface area contributed by atoms with Crippen LogP contribution in [0.5, 0.6) is 0 Å². The predicted octanol–water partition coefficient (Wildman–Crippen LogP) is 4.90. The SMILES string of the molecule is C=C(Br)C(N(C(F)(F)F)C(F)(F)F)N(C(F)(F)F)C(F)(F)F. The van der Waals surface area contributed by atoms with Crippen LogP contribution < -0.4 is 0 Å². The first-order valence-corrected chi connectivity index (χ1v) is 5.30. The first-order valence-electron chi connectivity index (χ1n) is 4.51. The van der Waals surface area contributed by atoms with Crippen molar-refractivity contribution in [1.82, 2.24) is 9.80 Å². The lowest BCUT2D eigenvalue weighted by Gasteiger charge is -2.41. The van der Waals surface area contributed by atoms with E-state index in [0.29, 0.717) is 0 Å². The van der Waals surface area contributed by atoms with Crippen LogP contribution in [0.15, 0.2) is 11.1 Å². The Morgan fingerprint density at radius 3 is 0.909 bits per heavy atom. The Morgan fingerprint density at radius 1 is 0.636 bits per heavy atom. The van der Waals surface area contributed by atoms with E-state index in [4.69, 9.17) is 0 Å². The zero-order valence-electron chi connectivity index (χ0n) is 9.59. The summed E-state index contributed by atoms with van der Waals surface area (Å²) in [4.78, 5) is -5.75. The highest BCUT2D eigenvalue weighted by molar-refractivity contribution is 9.11. The van der Waals surface area contributed by atoms with Gasteiger partial charge < -0.3 is 0 Å². The van der Waals surface area contributed by atoms with Crippen molar-refractivity contribution in [2.75, 3.05) is 0 Å². The van der Waals surface area contributed by atoms with Crippen molar-refractivity contribution >= 4 is 15.9 Å². The maximum Gasteiger partial charge on any atom is 0.468 e. The average Bonchev–Trinajstić information content (AvgIpc) is 2.06. The number of hydrogen-bond donors (Lipinski definition) is 0. The van der Waals surface area contributed by atoms with Crippen LogP contribution in [0.25, 0.3) is 0 Å². The molecule has 0 unspecified atom stereocenters. The second kappa shape index (κ2) is 6.07. The molecule has 15 heteroatoms. The minimum atomic E-state index is -6.60. The molecular weight excluding hydrogens is 420 g/mol. The summed E-state index contributed by atoms with van der Waals surface area (Å²) in [5, 5.41) is 0. The van der Waals surface area contributed by atoms with Crippen LogP contribution in [0.4, 0.5) is 52.7 Å². The number of nitrogens with zero attached hydrogens (tertiary/aromatic N) is 2. The molecule has 0 atom stereocenters. The molecule has 22 heavy (non-hydrogen) atoms. The van der Waals surface area contributed by atoms with E-state index < -0.39 is 45.6 Å². The molecule has 0 rings (SSSR count). The summed E-state index contributed by atoms with van der Waals surface area (Å²) in [6.45, 7) is 2.28. The van der Waals surface area contributed by atoms with Crippen molar-refractivity contribution in [2.45, 2.75) is 31.4 Å². The molecule has 132 valence electrons. The zero-order chi connectivity index (χ0) is 18.3. The lowest BCUT2D eigenvalue weighted by atomic mass is 10.3. The molecule has 0 heterocycles. The van der Waals surface area contributed by atoms with E-state index in [1.54, 1.807) is 15.9 Å². The van der Waals surface area contributed by atoms with Crippen molar-refractivity contribution in [3.8, 4) is 0 Å². The molecule has 0 aromatic carbocycles. The van der Waals surface area contributed by atoms with Crippen LogP contribution in [0, 0.1) is 0 Å². The highest BCUT2D eigenvalue weighted by atomic mass is 79.9. The van der Waals surface area contributed by atoms with Crippen LogP contribution in [0.1, 0.15) is 0 Å². The van der Waals surface area contributed by atoms with Gasteiger partial charge in [-0.1, -0.05) is 22.5 Å². The molecule has 0 aliphatic carbocycles. The van der Waals surface area contributed by atoms with Gasteiger partial charge in [-0.2, -0.15) is 52.7 Å². The van der Waals surface area contributed by atoms with Gasteiger partial charge in [-0.25, -0.2) is 0 Å². The summed E-state index contributed by atoms with van der Waals surface area (Å²) < 4.78 is 146. The molecule has 0 aliphatic rings. The molecule has 0 fully saturated rings. The van der Waals surface area contributed by atoms with Crippen molar-refractivity contribution < 1.29 is 52.7 Å². The summed E-state index contributed by atoms with van der Waals surface area (Å²) >= 11 is 1.73. The smallest absolute Gasteiger partial charge is 0.155 e. The largest absolute Gasteiger partial charge is 0.468 e. The minimum absolute atomic E-state index is 1.73. The van der Waals surface area contributed by atoms with Crippen molar-refractivity contribution in [2.24, 2.45) is 0 Å². The van der Waals surface area contributed by atoms with Gasteiger partial charge in [0.2, 0.25) is 0 Å². The van der Waals surface area contributed by atoms with E-state index in [9.17, 15) is 52.7 Å². The molecular formula is C7H3BrF12N2. The number of alkyl halides is 12. The maximum absolute atomic E-state index is 12.3. The Morgan fingerprint density at radius 2 is 0.818 bits per heavy atom. The summed E-state index contributed by atoms with van der Waals surface area (Å²) in [6.07, 6.45) is -30.8. The van der Waals surface area contributed by atoms with Gasteiger partial charge in [0.05, 0.1) is 0 Å². The van der Waals surface area contributed by atoms with Gasteiger partial charge in [0.25, 0.3) is 0 Å². The van der Waals surface area contributed by atoms with Gasteiger partial charge in [-0.15, -0.1) is 9.80 Å².